The predicted octanol–water partition coefficient (Wildman–Crippen LogP) is 2.07. The molecule has 2 heterocycles. The summed E-state index contributed by atoms with van der Waals surface area (Å²) in [6, 6.07) is 4.28. The Kier molecular flexibility index (Phi) is 2.04. The minimum atomic E-state index is 0.126. The number of nitrogens with zero attached hydrogens (tertiary/aromatic N) is 2. The molecule has 0 radical (unpaired) electrons. The average Bonchev–Trinajstić information content (AvgIpc) is 2.87. The van der Waals surface area contributed by atoms with Crippen molar-refractivity contribution in [3.05, 3.63) is 35.9 Å². The molecule has 0 spiro atoms. The molecule has 1 aliphatic rings. The lowest BCUT2D eigenvalue weighted by Crippen LogP contribution is -2.22. The van der Waals surface area contributed by atoms with Gasteiger partial charge in [0.05, 0.1) is 17.5 Å². The molecule has 16 heavy (non-hydrogen) atoms. The van der Waals surface area contributed by atoms with E-state index >= 15 is 0 Å². The van der Waals surface area contributed by atoms with E-state index in [1.807, 2.05) is 6.33 Å². The van der Waals surface area contributed by atoms with E-state index in [1.165, 1.54) is 29.6 Å². The van der Waals surface area contributed by atoms with Gasteiger partial charge >= 0.3 is 0 Å². The van der Waals surface area contributed by atoms with Crippen LogP contribution in [0.25, 0.3) is 5.52 Å². The average molecular weight is 215 g/mol. The SMILES string of the molecule is Cc1ccc2c(CCC3(N)CC3)ncn2c1. The molecule has 0 saturated heterocycles. The summed E-state index contributed by atoms with van der Waals surface area (Å²) in [5.74, 6) is 0. The van der Waals surface area contributed by atoms with Crippen molar-refractivity contribution in [3.63, 3.8) is 0 Å². The highest BCUT2D eigenvalue weighted by atomic mass is 15.0. The van der Waals surface area contributed by atoms with Crippen molar-refractivity contribution in [3.8, 4) is 0 Å². The van der Waals surface area contributed by atoms with Crippen molar-refractivity contribution < 1.29 is 0 Å². The van der Waals surface area contributed by atoms with Crippen LogP contribution in [0.1, 0.15) is 30.5 Å². The molecule has 1 fully saturated rings. The van der Waals surface area contributed by atoms with Crippen LogP contribution in [0.5, 0.6) is 0 Å². The fourth-order valence-corrected chi connectivity index (χ4v) is 2.14. The third-order valence-corrected chi connectivity index (χ3v) is 3.51. The molecule has 3 nitrogen and oxygen atoms in total. The molecular formula is C13H17N3. The molecule has 2 aromatic heterocycles. The van der Waals surface area contributed by atoms with Crippen LogP contribution in [0.15, 0.2) is 24.7 Å². The molecule has 0 aromatic carbocycles. The van der Waals surface area contributed by atoms with Crippen molar-refractivity contribution in [2.24, 2.45) is 5.73 Å². The smallest absolute Gasteiger partial charge is 0.0995 e. The molecule has 1 aliphatic carbocycles. The maximum Gasteiger partial charge on any atom is 0.0995 e. The maximum absolute atomic E-state index is 6.10. The number of imidazole rings is 1. The molecule has 3 rings (SSSR count). The summed E-state index contributed by atoms with van der Waals surface area (Å²) in [6.45, 7) is 2.10. The molecule has 0 atom stereocenters. The monoisotopic (exact) mass is 215 g/mol. The second-order valence-corrected chi connectivity index (χ2v) is 5.05. The van der Waals surface area contributed by atoms with Crippen molar-refractivity contribution >= 4 is 5.52 Å². The van der Waals surface area contributed by atoms with Crippen LogP contribution < -0.4 is 5.73 Å². The van der Waals surface area contributed by atoms with E-state index in [0.29, 0.717) is 0 Å². The van der Waals surface area contributed by atoms with E-state index < -0.39 is 0 Å². The summed E-state index contributed by atoms with van der Waals surface area (Å²) < 4.78 is 2.10. The molecule has 3 heteroatoms. The van der Waals surface area contributed by atoms with Gasteiger partial charge in [-0.2, -0.15) is 0 Å². The number of hydrogen-bond donors (Lipinski definition) is 1. The number of hydrogen-bond acceptors (Lipinski definition) is 2. The lowest BCUT2D eigenvalue weighted by atomic mass is 10.1. The number of rotatable bonds is 3. The lowest BCUT2D eigenvalue weighted by molar-refractivity contribution is 0.606. The third-order valence-electron chi connectivity index (χ3n) is 3.51. The predicted molar refractivity (Wildman–Crippen MR) is 64.4 cm³/mol. The highest BCUT2D eigenvalue weighted by molar-refractivity contribution is 5.52. The summed E-state index contributed by atoms with van der Waals surface area (Å²) >= 11 is 0. The molecule has 0 bridgehead atoms. The Labute approximate surface area is 95.3 Å². The van der Waals surface area contributed by atoms with Gasteiger partial charge in [0.1, 0.15) is 0 Å². The summed E-state index contributed by atoms with van der Waals surface area (Å²) in [4.78, 5) is 4.47. The van der Waals surface area contributed by atoms with E-state index in [-0.39, 0.29) is 5.54 Å². The first-order chi connectivity index (χ1) is 7.66. The van der Waals surface area contributed by atoms with E-state index in [9.17, 15) is 0 Å². The van der Waals surface area contributed by atoms with Crippen molar-refractivity contribution in [1.82, 2.24) is 9.38 Å². The topological polar surface area (TPSA) is 43.3 Å². The van der Waals surface area contributed by atoms with Crippen LogP contribution in [0.3, 0.4) is 0 Å². The van der Waals surface area contributed by atoms with Crippen LogP contribution in [0.4, 0.5) is 0 Å². The molecule has 0 amide bonds. The van der Waals surface area contributed by atoms with E-state index in [4.69, 9.17) is 5.73 Å². The summed E-state index contributed by atoms with van der Waals surface area (Å²) in [5, 5.41) is 0. The molecule has 2 aromatic rings. The first-order valence-electron chi connectivity index (χ1n) is 5.87. The molecular weight excluding hydrogens is 198 g/mol. The summed E-state index contributed by atoms with van der Waals surface area (Å²) in [5.41, 5.74) is 9.88. The maximum atomic E-state index is 6.10. The Morgan fingerprint density at radius 3 is 3.00 bits per heavy atom. The first-order valence-corrected chi connectivity index (χ1v) is 5.87. The Bertz CT molecular complexity index is 523. The van der Waals surface area contributed by atoms with Crippen LogP contribution in [-0.2, 0) is 6.42 Å². The number of aromatic nitrogens is 2. The number of aryl methyl sites for hydroxylation is 2. The fraction of sp³-hybridized carbons (Fsp3) is 0.462. The van der Waals surface area contributed by atoms with Crippen molar-refractivity contribution in [1.29, 1.82) is 0 Å². The molecule has 0 aliphatic heterocycles. The Morgan fingerprint density at radius 1 is 1.44 bits per heavy atom. The van der Waals surface area contributed by atoms with Crippen LogP contribution >= 0.6 is 0 Å². The van der Waals surface area contributed by atoms with Gasteiger partial charge in [-0.3, -0.25) is 0 Å². The zero-order valence-electron chi connectivity index (χ0n) is 9.61. The van der Waals surface area contributed by atoms with Gasteiger partial charge in [0, 0.05) is 11.7 Å². The van der Waals surface area contributed by atoms with E-state index in [1.54, 1.807) is 0 Å². The summed E-state index contributed by atoms with van der Waals surface area (Å²) in [7, 11) is 0. The number of nitrogens with two attached hydrogens (primary N) is 1. The highest BCUT2D eigenvalue weighted by Gasteiger charge is 2.37. The summed E-state index contributed by atoms with van der Waals surface area (Å²) in [6.07, 6.45) is 8.42. The normalized spacial score (nSPS) is 17.9. The van der Waals surface area contributed by atoms with Crippen molar-refractivity contribution in [2.45, 2.75) is 38.1 Å². The Hall–Kier alpha value is -1.35. The molecule has 0 unspecified atom stereocenters. The van der Waals surface area contributed by atoms with E-state index in [2.05, 4.69) is 34.6 Å². The molecule has 84 valence electrons. The molecule has 2 N–H and O–H groups in total. The number of pyridine rings is 1. The van der Waals surface area contributed by atoms with Gasteiger partial charge in [-0.05, 0) is 44.2 Å². The minimum Gasteiger partial charge on any atom is -0.325 e. The van der Waals surface area contributed by atoms with Crippen LogP contribution in [-0.4, -0.2) is 14.9 Å². The van der Waals surface area contributed by atoms with Gasteiger partial charge in [-0.25, -0.2) is 4.98 Å². The first kappa shape index (κ1) is 9.85. The van der Waals surface area contributed by atoms with Gasteiger partial charge in [0.2, 0.25) is 0 Å². The van der Waals surface area contributed by atoms with Gasteiger partial charge in [0.25, 0.3) is 0 Å². The third kappa shape index (κ3) is 1.71. The Balaban J connectivity index is 1.86. The highest BCUT2D eigenvalue weighted by Crippen LogP contribution is 2.36. The largest absolute Gasteiger partial charge is 0.325 e. The number of fused-ring (bicyclic) bond motifs is 1. The second kappa shape index (κ2) is 3.32. The zero-order valence-corrected chi connectivity index (χ0v) is 9.61. The van der Waals surface area contributed by atoms with Crippen LogP contribution in [0, 0.1) is 6.92 Å². The zero-order chi connectivity index (χ0) is 11.2. The van der Waals surface area contributed by atoms with E-state index in [0.717, 1.165) is 12.8 Å². The van der Waals surface area contributed by atoms with Gasteiger partial charge in [-0.1, -0.05) is 6.07 Å². The lowest BCUT2D eigenvalue weighted by Gasteiger charge is -2.06. The van der Waals surface area contributed by atoms with Crippen LogP contribution in [0.2, 0.25) is 0 Å². The van der Waals surface area contributed by atoms with Gasteiger partial charge < -0.3 is 10.1 Å². The quantitative estimate of drug-likeness (QED) is 0.851. The molecule has 1 saturated carbocycles. The van der Waals surface area contributed by atoms with Gasteiger partial charge in [-0.15, -0.1) is 0 Å². The minimum absolute atomic E-state index is 0.126. The standard InChI is InChI=1S/C13H17N3/c1-10-2-3-12-11(15-9-16(12)8-10)4-5-13(14)6-7-13/h2-3,8-9H,4-7,14H2,1H3. The van der Waals surface area contributed by atoms with Crippen molar-refractivity contribution in [2.75, 3.05) is 0 Å². The Morgan fingerprint density at radius 2 is 2.25 bits per heavy atom. The second-order valence-electron chi connectivity index (χ2n) is 5.05. The van der Waals surface area contributed by atoms with Gasteiger partial charge in [0.15, 0.2) is 0 Å². The fourth-order valence-electron chi connectivity index (χ4n) is 2.14.